The molecule has 0 aliphatic heterocycles. The number of carbonyl (C=O) groups excluding carboxylic acids is 1. The van der Waals surface area contributed by atoms with Gasteiger partial charge in [0.15, 0.2) is 0 Å². The molecule has 7 heteroatoms. The van der Waals surface area contributed by atoms with Crippen molar-refractivity contribution in [1.29, 1.82) is 0 Å². The molecule has 0 aliphatic rings. The van der Waals surface area contributed by atoms with E-state index >= 15 is 0 Å². The van der Waals surface area contributed by atoms with Crippen molar-refractivity contribution in [1.82, 2.24) is 20.2 Å². The van der Waals surface area contributed by atoms with Gasteiger partial charge >= 0.3 is 0 Å². The zero-order valence-corrected chi connectivity index (χ0v) is 13.1. The van der Waals surface area contributed by atoms with Crippen molar-refractivity contribution in [3.05, 3.63) is 18.1 Å². The van der Waals surface area contributed by atoms with E-state index in [1.807, 2.05) is 11.9 Å². The topological polar surface area (TPSA) is 79.4 Å². The first-order valence-electron chi connectivity index (χ1n) is 7.14. The minimum absolute atomic E-state index is 0.0243. The highest BCUT2D eigenvalue weighted by atomic mass is 16.5. The lowest BCUT2D eigenvalue weighted by molar-refractivity contribution is -0.122. The molecule has 1 heterocycles. The average Bonchev–Trinajstić information content (AvgIpc) is 2.46. The largest absolute Gasteiger partial charge is 0.383 e. The molecule has 1 aromatic heterocycles. The number of anilines is 1. The van der Waals surface area contributed by atoms with Crippen LogP contribution in [0, 0.1) is 0 Å². The van der Waals surface area contributed by atoms with Crippen molar-refractivity contribution in [3.63, 3.8) is 0 Å². The van der Waals surface area contributed by atoms with E-state index in [0.29, 0.717) is 26.2 Å². The van der Waals surface area contributed by atoms with Gasteiger partial charge in [-0.2, -0.15) is 0 Å². The Morgan fingerprint density at radius 1 is 1.33 bits per heavy atom. The highest BCUT2D eigenvalue weighted by molar-refractivity contribution is 5.77. The van der Waals surface area contributed by atoms with Gasteiger partial charge in [-0.1, -0.05) is 6.92 Å². The van der Waals surface area contributed by atoms with Crippen LogP contribution in [0.1, 0.15) is 19.0 Å². The predicted molar refractivity (Wildman–Crippen MR) is 82.0 cm³/mol. The quantitative estimate of drug-likeness (QED) is 0.612. The van der Waals surface area contributed by atoms with Crippen molar-refractivity contribution in [2.75, 3.05) is 45.7 Å². The van der Waals surface area contributed by atoms with E-state index in [1.165, 1.54) is 0 Å². The summed E-state index contributed by atoms with van der Waals surface area (Å²) < 4.78 is 4.88. The summed E-state index contributed by atoms with van der Waals surface area (Å²) >= 11 is 0. The second-order valence-corrected chi connectivity index (χ2v) is 4.83. The van der Waals surface area contributed by atoms with E-state index < -0.39 is 0 Å². The third kappa shape index (κ3) is 7.57. The molecule has 0 unspecified atom stereocenters. The maximum absolute atomic E-state index is 11.6. The fraction of sp³-hybridized carbons (Fsp3) is 0.643. The van der Waals surface area contributed by atoms with Crippen molar-refractivity contribution in [2.45, 2.75) is 19.9 Å². The van der Waals surface area contributed by atoms with Gasteiger partial charge < -0.3 is 15.4 Å². The van der Waals surface area contributed by atoms with Crippen LogP contribution >= 0.6 is 0 Å². The number of methoxy groups -OCH3 is 1. The lowest BCUT2D eigenvalue weighted by Crippen LogP contribution is -2.36. The standard InChI is InChI=1S/C14H25N5O2/c1-4-5-15-13-9-17-12(8-18-13)10-19(2)11-14(20)16-6-7-21-3/h8-9H,4-7,10-11H2,1-3H3,(H,15,18)(H,16,20). The highest BCUT2D eigenvalue weighted by Gasteiger charge is 2.07. The Morgan fingerprint density at radius 3 is 2.76 bits per heavy atom. The summed E-state index contributed by atoms with van der Waals surface area (Å²) in [6.45, 7) is 4.94. The molecule has 0 radical (unpaired) electrons. The van der Waals surface area contributed by atoms with E-state index in [-0.39, 0.29) is 5.91 Å². The number of hydrogen-bond acceptors (Lipinski definition) is 6. The number of rotatable bonds is 10. The normalized spacial score (nSPS) is 10.7. The molecule has 1 aromatic rings. The third-order valence-electron chi connectivity index (χ3n) is 2.74. The minimum atomic E-state index is -0.0243. The molecule has 0 saturated heterocycles. The van der Waals surface area contributed by atoms with Gasteiger partial charge in [0.2, 0.25) is 5.91 Å². The zero-order valence-electron chi connectivity index (χ0n) is 13.1. The van der Waals surface area contributed by atoms with Gasteiger partial charge in [-0.05, 0) is 13.5 Å². The number of carbonyl (C=O) groups is 1. The van der Waals surface area contributed by atoms with E-state index in [9.17, 15) is 4.79 Å². The van der Waals surface area contributed by atoms with E-state index in [2.05, 4.69) is 27.5 Å². The number of ether oxygens (including phenoxy) is 1. The fourth-order valence-corrected chi connectivity index (χ4v) is 1.71. The van der Waals surface area contributed by atoms with Gasteiger partial charge in [-0.25, -0.2) is 4.98 Å². The molecule has 0 spiro atoms. The Kier molecular flexibility index (Phi) is 8.30. The van der Waals surface area contributed by atoms with Gasteiger partial charge in [-0.3, -0.25) is 14.7 Å². The first kappa shape index (κ1) is 17.3. The Balaban J connectivity index is 2.33. The summed E-state index contributed by atoms with van der Waals surface area (Å²) in [4.78, 5) is 22.2. The fourth-order valence-electron chi connectivity index (χ4n) is 1.71. The number of likely N-dealkylation sites (N-methyl/N-ethyl adjacent to an activating group) is 1. The van der Waals surface area contributed by atoms with Gasteiger partial charge in [-0.15, -0.1) is 0 Å². The molecule has 1 rings (SSSR count). The molecular formula is C14H25N5O2. The summed E-state index contributed by atoms with van der Waals surface area (Å²) in [5, 5.41) is 5.95. The van der Waals surface area contributed by atoms with Crippen LogP contribution in [0.15, 0.2) is 12.4 Å². The summed E-state index contributed by atoms with van der Waals surface area (Å²) in [5.41, 5.74) is 0.837. The number of hydrogen-bond donors (Lipinski definition) is 2. The number of nitrogens with zero attached hydrogens (tertiary/aromatic N) is 3. The number of aromatic nitrogens is 2. The second kappa shape index (κ2) is 10.1. The minimum Gasteiger partial charge on any atom is -0.383 e. The molecule has 21 heavy (non-hydrogen) atoms. The van der Waals surface area contributed by atoms with Crippen molar-refractivity contribution >= 4 is 11.7 Å². The molecule has 0 aromatic carbocycles. The molecule has 0 saturated carbocycles. The van der Waals surface area contributed by atoms with Crippen LogP contribution < -0.4 is 10.6 Å². The third-order valence-corrected chi connectivity index (χ3v) is 2.74. The smallest absolute Gasteiger partial charge is 0.234 e. The molecule has 2 N–H and O–H groups in total. The maximum Gasteiger partial charge on any atom is 0.234 e. The lowest BCUT2D eigenvalue weighted by Gasteiger charge is -2.15. The first-order chi connectivity index (χ1) is 10.2. The van der Waals surface area contributed by atoms with Crippen LogP contribution in [-0.2, 0) is 16.1 Å². The second-order valence-electron chi connectivity index (χ2n) is 4.83. The first-order valence-corrected chi connectivity index (χ1v) is 7.14. The summed E-state index contributed by atoms with van der Waals surface area (Å²) in [7, 11) is 3.48. The SMILES string of the molecule is CCCNc1cnc(CN(C)CC(=O)NCCOC)cn1. The van der Waals surface area contributed by atoms with Crippen LogP contribution in [0.25, 0.3) is 0 Å². The molecule has 1 amide bonds. The Labute approximate surface area is 126 Å². The molecule has 0 bridgehead atoms. The molecular weight excluding hydrogens is 270 g/mol. The van der Waals surface area contributed by atoms with Gasteiger partial charge in [0.1, 0.15) is 5.82 Å². The molecule has 0 fully saturated rings. The molecule has 118 valence electrons. The average molecular weight is 295 g/mol. The Bertz CT molecular complexity index is 410. The van der Waals surface area contributed by atoms with Crippen LogP contribution in [0.5, 0.6) is 0 Å². The zero-order chi connectivity index (χ0) is 15.5. The van der Waals surface area contributed by atoms with Gasteiger partial charge in [0.05, 0.1) is 31.2 Å². The van der Waals surface area contributed by atoms with E-state index in [4.69, 9.17) is 4.74 Å². The van der Waals surface area contributed by atoms with E-state index in [0.717, 1.165) is 24.5 Å². The van der Waals surface area contributed by atoms with Crippen LogP contribution in [0.2, 0.25) is 0 Å². The molecule has 0 atom stereocenters. The maximum atomic E-state index is 11.6. The Hall–Kier alpha value is -1.73. The van der Waals surface area contributed by atoms with Crippen molar-refractivity contribution in [2.24, 2.45) is 0 Å². The van der Waals surface area contributed by atoms with Crippen LogP contribution in [-0.4, -0.2) is 61.2 Å². The Morgan fingerprint density at radius 2 is 2.14 bits per heavy atom. The monoisotopic (exact) mass is 295 g/mol. The van der Waals surface area contributed by atoms with Crippen LogP contribution in [0.4, 0.5) is 5.82 Å². The van der Waals surface area contributed by atoms with Crippen molar-refractivity contribution in [3.8, 4) is 0 Å². The highest BCUT2D eigenvalue weighted by Crippen LogP contribution is 2.03. The lowest BCUT2D eigenvalue weighted by atomic mass is 10.4. The molecule has 7 nitrogen and oxygen atoms in total. The predicted octanol–water partition coefficient (Wildman–Crippen LogP) is 0.493. The van der Waals surface area contributed by atoms with Gasteiger partial charge in [0, 0.05) is 26.7 Å². The summed E-state index contributed by atoms with van der Waals surface area (Å²) in [5.74, 6) is 0.754. The number of nitrogens with one attached hydrogen (secondary N) is 2. The summed E-state index contributed by atoms with van der Waals surface area (Å²) in [6.07, 6.45) is 4.50. The summed E-state index contributed by atoms with van der Waals surface area (Å²) in [6, 6.07) is 0. The van der Waals surface area contributed by atoms with Gasteiger partial charge in [0.25, 0.3) is 0 Å². The number of amides is 1. The van der Waals surface area contributed by atoms with Crippen molar-refractivity contribution < 1.29 is 9.53 Å². The van der Waals surface area contributed by atoms with Crippen LogP contribution in [0.3, 0.4) is 0 Å². The van der Waals surface area contributed by atoms with E-state index in [1.54, 1.807) is 19.5 Å². The molecule has 0 aliphatic carbocycles.